The van der Waals surface area contributed by atoms with Crippen molar-refractivity contribution in [3.8, 4) is 0 Å². The fourth-order valence-electron chi connectivity index (χ4n) is 5.91. The SMILES string of the molecule is O=C(N(Cc1nccs1)C1CC1)C12CC3CC(CC(C3)C1)C2. The van der Waals surface area contributed by atoms with Crippen LogP contribution in [-0.2, 0) is 11.3 Å². The Balaban J connectivity index is 1.42. The smallest absolute Gasteiger partial charge is 0.229 e. The predicted octanol–water partition coefficient (Wildman–Crippen LogP) is 3.85. The van der Waals surface area contributed by atoms with Gasteiger partial charge in [-0.1, -0.05) is 0 Å². The second-order valence-corrected chi connectivity index (χ2v) is 9.27. The van der Waals surface area contributed by atoms with Crippen molar-refractivity contribution >= 4 is 17.2 Å². The molecule has 0 N–H and O–H groups in total. The first-order valence-electron chi connectivity index (χ1n) is 8.91. The molecule has 4 bridgehead atoms. The van der Waals surface area contributed by atoms with Crippen LogP contribution >= 0.6 is 11.3 Å². The third-order valence-corrected chi connectivity index (χ3v) is 7.29. The molecule has 1 amide bonds. The summed E-state index contributed by atoms with van der Waals surface area (Å²) in [7, 11) is 0. The largest absolute Gasteiger partial charge is 0.332 e. The zero-order valence-corrected chi connectivity index (χ0v) is 13.9. The standard InChI is InChI=1S/C18H24N2OS/c21-17(20(15-1-2-15)11-16-19-3-4-22-16)18-8-12-5-13(9-18)7-14(6-12)10-18/h3-4,12-15H,1-2,5-11H2. The van der Waals surface area contributed by atoms with Gasteiger partial charge in [0.25, 0.3) is 0 Å². The van der Waals surface area contributed by atoms with Crippen LogP contribution < -0.4 is 0 Å². The lowest BCUT2D eigenvalue weighted by Gasteiger charge is -2.56. The van der Waals surface area contributed by atoms with Crippen LogP contribution in [0.4, 0.5) is 0 Å². The molecule has 5 saturated carbocycles. The van der Waals surface area contributed by atoms with Gasteiger partial charge < -0.3 is 4.90 Å². The summed E-state index contributed by atoms with van der Waals surface area (Å²) in [6.45, 7) is 0.753. The highest BCUT2D eigenvalue weighted by molar-refractivity contribution is 7.09. The van der Waals surface area contributed by atoms with E-state index in [1.165, 1.54) is 51.4 Å². The normalized spacial score (nSPS) is 39.2. The molecule has 5 fully saturated rings. The Hall–Kier alpha value is -0.900. The predicted molar refractivity (Wildman–Crippen MR) is 86.3 cm³/mol. The van der Waals surface area contributed by atoms with Crippen molar-refractivity contribution in [3.63, 3.8) is 0 Å². The first kappa shape index (κ1) is 13.5. The van der Waals surface area contributed by atoms with Crippen LogP contribution in [0.5, 0.6) is 0 Å². The minimum Gasteiger partial charge on any atom is -0.332 e. The number of amides is 1. The minimum atomic E-state index is 0.00853. The summed E-state index contributed by atoms with van der Waals surface area (Å²) in [5.41, 5.74) is 0.00853. The summed E-state index contributed by atoms with van der Waals surface area (Å²) in [5, 5.41) is 3.13. The average molecular weight is 316 g/mol. The van der Waals surface area contributed by atoms with Crippen molar-refractivity contribution < 1.29 is 4.79 Å². The van der Waals surface area contributed by atoms with Gasteiger partial charge in [-0.2, -0.15) is 0 Å². The van der Waals surface area contributed by atoms with E-state index in [1.54, 1.807) is 11.3 Å². The van der Waals surface area contributed by atoms with Crippen LogP contribution in [0, 0.1) is 23.2 Å². The third-order valence-electron chi connectivity index (χ3n) is 6.53. The topological polar surface area (TPSA) is 33.2 Å². The molecule has 5 aliphatic rings. The fraction of sp³-hybridized carbons (Fsp3) is 0.778. The summed E-state index contributed by atoms with van der Waals surface area (Å²) in [5.74, 6) is 3.02. The summed E-state index contributed by atoms with van der Waals surface area (Å²) in [6.07, 6.45) is 12.0. The third kappa shape index (κ3) is 2.14. The lowest BCUT2D eigenvalue weighted by molar-refractivity contribution is -0.159. The van der Waals surface area contributed by atoms with Crippen LogP contribution in [0.15, 0.2) is 11.6 Å². The minimum absolute atomic E-state index is 0.00853. The Kier molecular flexibility index (Phi) is 2.95. The molecule has 0 saturated heterocycles. The highest BCUT2D eigenvalue weighted by atomic mass is 32.1. The van der Waals surface area contributed by atoms with Crippen LogP contribution in [0.1, 0.15) is 56.4 Å². The Labute approximate surface area is 136 Å². The second-order valence-electron chi connectivity index (χ2n) is 8.29. The van der Waals surface area contributed by atoms with Crippen LogP contribution in [0.25, 0.3) is 0 Å². The molecule has 1 aromatic heterocycles. The van der Waals surface area contributed by atoms with Crippen LogP contribution in [0.3, 0.4) is 0 Å². The van der Waals surface area contributed by atoms with E-state index in [0.29, 0.717) is 11.9 Å². The number of hydrogen-bond donors (Lipinski definition) is 0. The van der Waals surface area contributed by atoms with E-state index >= 15 is 0 Å². The molecule has 5 aliphatic carbocycles. The summed E-state index contributed by atoms with van der Waals surface area (Å²) in [6, 6.07) is 0.504. The molecular weight excluding hydrogens is 292 g/mol. The first-order chi connectivity index (χ1) is 10.7. The summed E-state index contributed by atoms with van der Waals surface area (Å²) in [4.78, 5) is 20.1. The summed E-state index contributed by atoms with van der Waals surface area (Å²) >= 11 is 1.69. The van der Waals surface area contributed by atoms with Crippen molar-refractivity contribution in [3.05, 3.63) is 16.6 Å². The number of rotatable bonds is 4. The van der Waals surface area contributed by atoms with Gasteiger partial charge in [-0.3, -0.25) is 4.79 Å². The van der Waals surface area contributed by atoms with Crippen molar-refractivity contribution in [2.75, 3.05) is 0 Å². The molecule has 1 aromatic rings. The van der Waals surface area contributed by atoms with E-state index in [-0.39, 0.29) is 5.41 Å². The lowest BCUT2D eigenvalue weighted by atomic mass is 9.49. The number of aromatic nitrogens is 1. The quantitative estimate of drug-likeness (QED) is 0.845. The van der Waals surface area contributed by atoms with Gasteiger partial charge >= 0.3 is 0 Å². The maximum Gasteiger partial charge on any atom is 0.229 e. The molecule has 118 valence electrons. The van der Waals surface area contributed by atoms with Crippen LogP contribution in [-0.4, -0.2) is 21.8 Å². The molecule has 22 heavy (non-hydrogen) atoms. The monoisotopic (exact) mass is 316 g/mol. The number of carbonyl (C=O) groups is 1. The van der Waals surface area contributed by atoms with Gasteiger partial charge in [-0.15, -0.1) is 11.3 Å². The second kappa shape index (κ2) is 4.80. The lowest BCUT2D eigenvalue weighted by Crippen LogP contribution is -2.54. The maximum atomic E-state index is 13.5. The van der Waals surface area contributed by atoms with E-state index in [0.717, 1.165) is 29.3 Å². The molecule has 4 heteroatoms. The van der Waals surface area contributed by atoms with E-state index in [1.807, 2.05) is 11.6 Å². The Morgan fingerprint density at radius 3 is 2.32 bits per heavy atom. The van der Waals surface area contributed by atoms with Crippen molar-refractivity contribution in [2.45, 2.75) is 64.0 Å². The number of hydrogen-bond acceptors (Lipinski definition) is 3. The maximum absolute atomic E-state index is 13.5. The van der Waals surface area contributed by atoms with Crippen molar-refractivity contribution in [1.82, 2.24) is 9.88 Å². The molecule has 1 heterocycles. The highest BCUT2D eigenvalue weighted by Crippen LogP contribution is 2.61. The van der Waals surface area contributed by atoms with E-state index in [2.05, 4.69) is 9.88 Å². The number of carbonyl (C=O) groups excluding carboxylic acids is 1. The molecule has 3 nitrogen and oxygen atoms in total. The zero-order chi connectivity index (χ0) is 14.7. The van der Waals surface area contributed by atoms with Crippen molar-refractivity contribution in [2.24, 2.45) is 23.2 Å². The first-order valence-corrected chi connectivity index (χ1v) is 9.79. The molecule has 0 spiro atoms. The van der Waals surface area contributed by atoms with Gasteiger partial charge in [0.1, 0.15) is 5.01 Å². The molecule has 0 radical (unpaired) electrons. The zero-order valence-electron chi connectivity index (χ0n) is 13.0. The Morgan fingerprint density at radius 1 is 1.18 bits per heavy atom. The molecule has 0 aromatic carbocycles. The molecule has 6 rings (SSSR count). The van der Waals surface area contributed by atoms with Gasteiger partial charge in [0, 0.05) is 17.6 Å². The number of nitrogens with zero attached hydrogens (tertiary/aromatic N) is 2. The van der Waals surface area contributed by atoms with E-state index in [4.69, 9.17) is 0 Å². The number of thiazole rings is 1. The summed E-state index contributed by atoms with van der Waals surface area (Å²) < 4.78 is 0. The van der Waals surface area contributed by atoms with Gasteiger partial charge in [0.05, 0.1) is 12.0 Å². The average Bonchev–Trinajstić information content (AvgIpc) is 3.19. The molecular formula is C18H24N2OS. The van der Waals surface area contributed by atoms with Crippen LogP contribution in [0.2, 0.25) is 0 Å². The highest BCUT2D eigenvalue weighted by Gasteiger charge is 2.56. The Morgan fingerprint density at radius 2 is 1.82 bits per heavy atom. The van der Waals surface area contributed by atoms with Gasteiger partial charge in [-0.05, 0) is 69.1 Å². The van der Waals surface area contributed by atoms with Gasteiger partial charge in [-0.25, -0.2) is 4.98 Å². The molecule has 0 unspecified atom stereocenters. The van der Waals surface area contributed by atoms with E-state index in [9.17, 15) is 4.79 Å². The fourth-order valence-corrected chi connectivity index (χ4v) is 6.52. The van der Waals surface area contributed by atoms with Gasteiger partial charge in [0.15, 0.2) is 0 Å². The van der Waals surface area contributed by atoms with E-state index < -0.39 is 0 Å². The molecule has 0 atom stereocenters. The molecule has 0 aliphatic heterocycles. The van der Waals surface area contributed by atoms with Gasteiger partial charge in [0.2, 0.25) is 5.91 Å². The Bertz CT molecular complexity index is 543. The van der Waals surface area contributed by atoms with Crippen molar-refractivity contribution in [1.29, 1.82) is 0 Å².